The van der Waals surface area contributed by atoms with Crippen LogP contribution < -0.4 is 14.2 Å². The van der Waals surface area contributed by atoms with Crippen LogP contribution in [0.15, 0.2) is 42.5 Å². The van der Waals surface area contributed by atoms with Crippen molar-refractivity contribution in [2.45, 2.75) is 19.3 Å². The minimum Gasteiger partial charge on any atom is -0.491 e. The molecule has 0 radical (unpaired) electrons. The van der Waals surface area contributed by atoms with Crippen LogP contribution in [0.2, 0.25) is 0 Å². The number of aromatic nitrogens is 2. The minimum atomic E-state index is -0.756. The molecule has 130 valence electrons. The first kappa shape index (κ1) is 15.7. The molecule has 2 heterocycles. The van der Waals surface area contributed by atoms with Crippen molar-refractivity contribution in [2.75, 3.05) is 13.4 Å². The highest BCUT2D eigenvalue weighted by Crippen LogP contribution is 2.35. The molecule has 7 nitrogen and oxygen atoms in total. The standard InChI is InChI=1S/C18H18N2O5/c21-9-18-19-14-3-1-2-4-15(14)20(18)8-12(22)10-23-13-5-6-16-17(7-13)25-11-24-16/h1-7,12,21-22H,8-11H2/t12-/m1/s1. The van der Waals surface area contributed by atoms with Gasteiger partial charge in [-0.3, -0.25) is 0 Å². The summed E-state index contributed by atoms with van der Waals surface area (Å²) in [7, 11) is 0. The molecule has 7 heteroatoms. The molecule has 0 amide bonds. The molecule has 0 spiro atoms. The number of aliphatic hydroxyl groups excluding tert-OH is 2. The lowest BCUT2D eigenvalue weighted by Crippen LogP contribution is -2.24. The summed E-state index contributed by atoms with van der Waals surface area (Å²) in [5.41, 5.74) is 1.66. The number of benzene rings is 2. The molecule has 1 atom stereocenters. The maximum atomic E-state index is 10.3. The fourth-order valence-corrected chi connectivity index (χ4v) is 2.87. The highest BCUT2D eigenvalue weighted by atomic mass is 16.7. The lowest BCUT2D eigenvalue weighted by atomic mass is 10.3. The van der Waals surface area contributed by atoms with E-state index in [9.17, 15) is 10.2 Å². The van der Waals surface area contributed by atoms with E-state index in [0.717, 1.165) is 11.0 Å². The number of para-hydroxylation sites is 2. The fourth-order valence-electron chi connectivity index (χ4n) is 2.87. The number of hydrogen-bond donors (Lipinski definition) is 2. The number of aliphatic hydroxyl groups is 2. The van der Waals surface area contributed by atoms with Gasteiger partial charge in [-0.05, 0) is 24.3 Å². The van der Waals surface area contributed by atoms with Crippen LogP contribution >= 0.6 is 0 Å². The van der Waals surface area contributed by atoms with Crippen molar-refractivity contribution < 1.29 is 24.4 Å². The van der Waals surface area contributed by atoms with Gasteiger partial charge in [0.1, 0.15) is 30.9 Å². The zero-order valence-corrected chi connectivity index (χ0v) is 13.5. The van der Waals surface area contributed by atoms with Crippen LogP contribution in [0.1, 0.15) is 5.82 Å². The molecule has 25 heavy (non-hydrogen) atoms. The molecule has 1 aromatic heterocycles. The summed E-state index contributed by atoms with van der Waals surface area (Å²) in [6.07, 6.45) is -0.756. The normalized spacial score (nSPS) is 14.0. The van der Waals surface area contributed by atoms with Crippen LogP contribution in [0.5, 0.6) is 17.2 Å². The molecule has 0 aliphatic carbocycles. The highest BCUT2D eigenvalue weighted by Gasteiger charge is 2.16. The number of fused-ring (bicyclic) bond motifs is 2. The Bertz CT molecular complexity index is 892. The molecule has 0 saturated carbocycles. The monoisotopic (exact) mass is 342 g/mol. The van der Waals surface area contributed by atoms with Gasteiger partial charge in [-0.1, -0.05) is 12.1 Å². The van der Waals surface area contributed by atoms with E-state index in [0.29, 0.717) is 23.1 Å². The summed E-state index contributed by atoms with van der Waals surface area (Å²) in [5.74, 6) is 2.44. The first-order chi connectivity index (χ1) is 12.2. The molecular formula is C18H18N2O5. The Morgan fingerprint density at radius 1 is 1.16 bits per heavy atom. The van der Waals surface area contributed by atoms with Gasteiger partial charge in [-0.15, -0.1) is 0 Å². The molecule has 1 aliphatic heterocycles. The summed E-state index contributed by atoms with van der Waals surface area (Å²) >= 11 is 0. The van der Waals surface area contributed by atoms with Gasteiger partial charge in [0, 0.05) is 6.07 Å². The number of nitrogens with zero attached hydrogens (tertiary/aromatic N) is 2. The van der Waals surface area contributed by atoms with Crippen molar-refractivity contribution in [1.29, 1.82) is 0 Å². The predicted molar refractivity (Wildman–Crippen MR) is 89.7 cm³/mol. The second kappa shape index (κ2) is 6.62. The van der Waals surface area contributed by atoms with Crippen LogP contribution in [0, 0.1) is 0 Å². The zero-order valence-electron chi connectivity index (χ0n) is 13.5. The molecule has 4 rings (SSSR count). The van der Waals surface area contributed by atoms with Crippen molar-refractivity contribution in [3.63, 3.8) is 0 Å². The third-order valence-corrected chi connectivity index (χ3v) is 4.05. The Hall–Kier alpha value is -2.77. The average Bonchev–Trinajstić information content (AvgIpc) is 3.24. The highest BCUT2D eigenvalue weighted by molar-refractivity contribution is 5.75. The van der Waals surface area contributed by atoms with Gasteiger partial charge in [0.2, 0.25) is 6.79 Å². The Labute approximate surface area is 144 Å². The Morgan fingerprint density at radius 3 is 2.88 bits per heavy atom. The van der Waals surface area contributed by atoms with Crippen LogP contribution in [-0.2, 0) is 13.2 Å². The van der Waals surface area contributed by atoms with E-state index in [-0.39, 0.29) is 26.6 Å². The van der Waals surface area contributed by atoms with E-state index in [1.807, 2.05) is 28.8 Å². The Morgan fingerprint density at radius 2 is 2.00 bits per heavy atom. The zero-order chi connectivity index (χ0) is 17.2. The summed E-state index contributed by atoms with van der Waals surface area (Å²) in [6.45, 7) is 0.404. The summed E-state index contributed by atoms with van der Waals surface area (Å²) < 4.78 is 18.0. The molecule has 2 aromatic carbocycles. The average molecular weight is 342 g/mol. The smallest absolute Gasteiger partial charge is 0.231 e. The lowest BCUT2D eigenvalue weighted by Gasteiger charge is -2.15. The predicted octanol–water partition coefficient (Wildman–Crippen LogP) is 1.70. The molecule has 0 saturated heterocycles. The summed E-state index contributed by atoms with van der Waals surface area (Å²) in [5, 5.41) is 19.9. The van der Waals surface area contributed by atoms with Crippen molar-refractivity contribution in [3.8, 4) is 17.2 Å². The van der Waals surface area contributed by atoms with Gasteiger partial charge < -0.3 is 29.0 Å². The molecule has 0 bridgehead atoms. The van der Waals surface area contributed by atoms with Crippen LogP contribution in [0.25, 0.3) is 11.0 Å². The number of rotatable bonds is 6. The Kier molecular flexibility index (Phi) is 4.17. The largest absolute Gasteiger partial charge is 0.491 e. The van der Waals surface area contributed by atoms with E-state index < -0.39 is 6.10 Å². The van der Waals surface area contributed by atoms with Gasteiger partial charge in [-0.2, -0.15) is 0 Å². The van der Waals surface area contributed by atoms with Gasteiger partial charge in [0.25, 0.3) is 0 Å². The molecule has 1 aliphatic rings. The van der Waals surface area contributed by atoms with E-state index in [4.69, 9.17) is 14.2 Å². The summed E-state index contributed by atoms with van der Waals surface area (Å²) in [4.78, 5) is 4.37. The third kappa shape index (κ3) is 3.11. The lowest BCUT2D eigenvalue weighted by molar-refractivity contribution is 0.0913. The van der Waals surface area contributed by atoms with E-state index >= 15 is 0 Å². The maximum absolute atomic E-state index is 10.3. The van der Waals surface area contributed by atoms with E-state index in [1.165, 1.54) is 0 Å². The second-order valence-corrected chi connectivity index (χ2v) is 5.77. The molecule has 2 N–H and O–H groups in total. The first-order valence-corrected chi connectivity index (χ1v) is 8.00. The van der Waals surface area contributed by atoms with Crippen LogP contribution in [0.3, 0.4) is 0 Å². The quantitative estimate of drug-likeness (QED) is 0.709. The van der Waals surface area contributed by atoms with Crippen molar-refractivity contribution in [3.05, 3.63) is 48.3 Å². The van der Waals surface area contributed by atoms with Gasteiger partial charge >= 0.3 is 0 Å². The van der Waals surface area contributed by atoms with Crippen molar-refractivity contribution >= 4 is 11.0 Å². The molecule has 0 unspecified atom stereocenters. The van der Waals surface area contributed by atoms with E-state index in [2.05, 4.69) is 4.98 Å². The van der Waals surface area contributed by atoms with Crippen molar-refractivity contribution in [2.24, 2.45) is 0 Å². The molecule has 0 fully saturated rings. The van der Waals surface area contributed by atoms with Crippen molar-refractivity contribution in [1.82, 2.24) is 9.55 Å². The maximum Gasteiger partial charge on any atom is 0.231 e. The molecular weight excluding hydrogens is 324 g/mol. The number of hydrogen-bond acceptors (Lipinski definition) is 6. The van der Waals surface area contributed by atoms with E-state index in [1.54, 1.807) is 18.2 Å². The van der Waals surface area contributed by atoms with Crippen LogP contribution in [-0.4, -0.2) is 39.3 Å². The van der Waals surface area contributed by atoms with Gasteiger partial charge in [0.05, 0.1) is 17.6 Å². The minimum absolute atomic E-state index is 0.108. The third-order valence-electron chi connectivity index (χ3n) is 4.05. The number of ether oxygens (including phenoxy) is 3. The topological polar surface area (TPSA) is 86.0 Å². The number of imidazole rings is 1. The Balaban J connectivity index is 1.45. The molecule has 3 aromatic rings. The summed E-state index contributed by atoms with van der Waals surface area (Å²) in [6, 6.07) is 12.9. The van der Waals surface area contributed by atoms with Crippen LogP contribution in [0.4, 0.5) is 0 Å². The van der Waals surface area contributed by atoms with Gasteiger partial charge in [-0.25, -0.2) is 4.98 Å². The second-order valence-electron chi connectivity index (χ2n) is 5.77. The van der Waals surface area contributed by atoms with Gasteiger partial charge in [0.15, 0.2) is 11.5 Å². The SMILES string of the molecule is OCc1nc2ccccc2n1C[C@@H](O)COc1ccc2c(c1)OCO2. The first-order valence-electron chi connectivity index (χ1n) is 8.00. The fraction of sp³-hybridized carbons (Fsp3) is 0.278.